The van der Waals surface area contributed by atoms with Crippen LogP contribution in [-0.4, -0.2) is 22.8 Å². The van der Waals surface area contributed by atoms with E-state index in [1.165, 1.54) is 6.08 Å². The van der Waals surface area contributed by atoms with Gasteiger partial charge in [0.15, 0.2) is 11.6 Å². The minimum Gasteiger partial charge on any atom is -0.392 e. The zero-order valence-corrected chi connectivity index (χ0v) is 10.2. The van der Waals surface area contributed by atoms with Gasteiger partial charge in [0.25, 0.3) is 0 Å². The van der Waals surface area contributed by atoms with Gasteiger partial charge < -0.3 is 5.11 Å². The highest BCUT2D eigenvalue weighted by molar-refractivity contribution is 6.28. The Morgan fingerprint density at radius 3 is 2.89 bits per heavy atom. The molecule has 0 aromatic rings. The monoisotopic (exact) mass is 245 g/mol. The number of nitriles is 1. The molecule has 3 rings (SSSR count). The lowest BCUT2D eigenvalue weighted by Crippen LogP contribution is -2.34. The summed E-state index contributed by atoms with van der Waals surface area (Å²) < 4.78 is 0. The van der Waals surface area contributed by atoms with E-state index in [9.17, 15) is 20.0 Å². The van der Waals surface area contributed by atoms with E-state index in [2.05, 4.69) is 6.07 Å². The van der Waals surface area contributed by atoms with E-state index in [1.807, 2.05) is 6.92 Å². The van der Waals surface area contributed by atoms with E-state index in [1.54, 1.807) is 6.08 Å². The fourth-order valence-corrected chi connectivity index (χ4v) is 4.12. The Balaban J connectivity index is 2.17. The van der Waals surface area contributed by atoms with Crippen LogP contribution in [0.1, 0.15) is 26.2 Å². The zero-order chi connectivity index (χ0) is 13.1. The van der Waals surface area contributed by atoms with Crippen molar-refractivity contribution in [3.8, 4) is 6.07 Å². The number of Topliss-reactive ketones (excluding diaryl/α,β-unsaturated/α-hetero) is 1. The van der Waals surface area contributed by atoms with Crippen LogP contribution >= 0.6 is 0 Å². The normalized spacial score (nSPS) is 51.7. The molecule has 94 valence electrons. The maximum absolute atomic E-state index is 12.3. The summed E-state index contributed by atoms with van der Waals surface area (Å²) in [7, 11) is 0. The van der Waals surface area contributed by atoms with Crippen LogP contribution in [0.2, 0.25) is 0 Å². The fourth-order valence-electron chi connectivity index (χ4n) is 4.12. The second kappa shape index (κ2) is 3.30. The van der Waals surface area contributed by atoms with Crippen molar-refractivity contribution in [2.75, 3.05) is 0 Å². The van der Waals surface area contributed by atoms with Crippen LogP contribution in [0.15, 0.2) is 12.2 Å². The molecule has 2 saturated carbocycles. The van der Waals surface area contributed by atoms with E-state index >= 15 is 0 Å². The van der Waals surface area contributed by atoms with Crippen molar-refractivity contribution in [3.05, 3.63) is 12.2 Å². The molecule has 3 unspecified atom stereocenters. The average molecular weight is 245 g/mol. The second-order valence-corrected chi connectivity index (χ2v) is 5.78. The molecule has 3 aliphatic carbocycles. The van der Waals surface area contributed by atoms with Gasteiger partial charge in [-0.3, -0.25) is 9.59 Å². The molecule has 3 aliphatic rings. The lowest BCUT2D eigenvalue weighted by Gasteiger charge is -2.26. The summed E-state index contributed by atoms with van der Waals surface area (Å²) in [6, 6.07) is 2.16. The van der Waals surface area contributed by atoms with Crippen molar-refractivity contribution in [1.29, 1.82) is 5.26 Å². The Morgan fingerprint density at radius 2 is 2.22 bits per heavy atom. The van der Waals surface area contributed by atoms with Crippen molar-refractivity contribution in [2.24, 2.45) is 22.7 Å². The predicted octanol–water partition coefficient (Wildman–Crippen LogP) is 1.00. The molecule has 0 amide bonds. The number of rotatable bonds is 0. The summed E-state index contributed by atoms with van der Waals surface area (Å²) >= 11 is 0. The van der Waals surface area contributed by atoms with Crippen molar-refractivity contribution in [1.82, 2.24) is 0 Å². The summed E-state index contributed by atoms with van der Waals surface area (Å²) in [6.07, 6.45) is 3.79. The number of allylic oxidation sites excluding steroid dienone is 2. The Labute approximate surface area is 105 Å². The second-order valence-electron chi connectivity index (χ2n) is 5.78. The molecule has 0 bridgehead atoms. The molecule has 0 spiro atoms. The van der Waals surface area contributed by atoms with Gasteiger partial charge in [0.05, 0.1) is 23.5 Å². The first kappa shape index (κ1) is 11.6. The molecule has 0 aromatic carbocycles. The molecule has 1 N–H and O–H groups in total. The molecular formula is C14H15NO3. The quantitative estimate of drug-likeness (QED) is 0.646. The van der Waals surface area contributed by atoms with Crippen LogP contribution in [0.4, 0.5) is 0 Å². The molecule has 4 nitrogen and oxygen atoms in total. The smallest absolute Gasteiger partial charge is 0.170 e. The summed E-state index contributed by atoms with van der Waals surface area (Å²) in [6.45, 7) is 1.92. The van der Waals surface area contributed by atoms with Crippen LogP contribution in [-0.2, 0) is 9.59 Å². The number of carbonyl (C=O) groups is 2. The number of aliphatic hydroxyl groups is 1. The van der Waals surface area contributed by atoms with E-state index in [0.717, 1.165) is 0 Å². The lowest BCUT2D eigenvalue weighted by molar-refractivity contribution is -0.124. The molecule has 0 heterocycles. The summed E-state index contributed by atoms with van der Waals surface area (Å²) in [5.74, 6) is -0.890. The minimum atomic E-state index is -1.10. The lowest BCUT2D eigenvalue weighted by atomic mass is 9.75. The number of nitrogens with zero attached hydrogens (tertiary/aromatic N) is 1. The average Bonchev–Trinajstić information content (AvgIpc) is 2.73. The van der Waals surface area contributed by atoms with Gasteiger partial charge in [-0.25, -0.2) is 0 Å². The number of aliphatic hydroxyl groups excluding tert-OH is 1. The van der Waals surface area contributed by atoms with Gasteiger partial charge >= 0.3 is 0 Å². The molecule has 0 aromatic heterocycles. The molecule has 4 heteroatoms. The Morgan fingerprint density at radius 1 is 1.50 bits per heavy atom. The third kappa shape index (κ3) is 0.964. The topological polar surface area (TPSA) is 78.2 Å². The molecule has 0 saturated heterocycles. The highest BCUT2D eigenvalue weighted by atomic mass is 16.3. The van der Waals surface area contributed by atoms with Gasteiger partial charge in [-0.05, 0) is 31.3 Å². The van der Waals surface area contributed by atoms with Crippen molar-refractivity contribution >= 4 is 11.6 Å². The number of hydrogen-bond donors (Lipinski definition) is 1. The first-order valence-electron chi connectivity index (χ1n) is 6.37. The van der Waals surface area contributed by atoms with Gasteiger partial charge in [-0.2, -0.15) is 5.26 Å². The van der Waals surface area contributed by atoms with E-state index in [4.69, 9.17) is 0 Å². The summed E-state index contributed by atoms with van der Waals surface area (Å²) in [5.41, 5.74) is -2.18. The summed E-state index contributed by atoms with van der Waals surface area (Å²) in [5, 5.41) is 19.5. The first-order chi connectivity index (χ1) is 8.51. The Bertz CT molecular complexity index is 518. The third-order valence-electron chi connectivity index (χ3n) is 5.04. The SMILES string of the molecule is C[C@@H]1/C=C\C(=O)C23CCC(O)C2(C3=O)[C@@H](C#N)C1. The Kier molecular flexibility index (Phi) is 2.13. The highest BCUT2D eigenvalue weighted by Gasteiger charge is 2.88. The van der Waals surface area contributed by atoms with E-state index in [0.29, 0.717) is 19.3 Å². The Hall–Kier alpha value is -1.47. The molecular weight excluding hydrogens is 230 g/mol. The zero-order valence-electron chi connectivity index (χ0n) is 10.2. The van der Waals surface area contributed by atoms with Crippen molar-refractivity contribution in [3.63, 3.8) is 0 Å². The number of ketones is 2. The number of hydrogen-bond acceptors (Lipinski definition) is 4. The van der Waals surface area contributed by atoms with Crippen LogP contribution < -0.4 is 0 Å². The third-order valence-corrected chi connectivity index (χ3v) is 5.04. The largest absolute Gasteiger partial charge is 0.392 e. The standard InChI is InChI=1S/C14H15NO3/c1-8-2-3-10(16)13-5-4-11(17)14(13,12(13)18)9(6-8)7-15/h2-3,8-9,11,17H,4-6H2,1H3/b3-2-/t8-,9-,11?,13?,14?/m1/s1. The molecule has 2 fully saturated rings. The minimum absolute atomic E-state index is 0.0761. The highest BCUT2D eigenvalue weighted by Crippen LogP contribution is 2.74. The fraction of sp³-hybridized carbons (Fsp3) is 0.643. The van der Waals surface area contributed by atoms with Crippen LogP contribution in [0.3, 0.4) is 0 Å². The van der Waals surface area contributed by atoms with Gasteiger partial charge in [-0.15, -0.1) is 0 Å². The van der Waals surface area contributed by atoms with Gasteiger partial charge in [0, 0.05) is 0 Å². The maximum atomic E-state index is 12.3. The summed E-state index contributed by atoms with van der Waals surface area (Å²) in [4.78, 5) is 24.5. The van der Waals surface area contributed by atoms with E-state index < -0.39 is 22.9 Å². The van der Waals surface area contributed by atoms with Gasteiger partial charge in [0.2, 0.25) is 0 Å². The van der Waals surface area contributed by atoms with Crippen LogP contribution in [0.25, 0.3) is 0 Å². The molecule has 18 heavy (non-hydrogen) atoms. The number of carbonyl (C=O) groups excluding carboxylic acids is 2. The van der Waals surface area contributed by atoms with Gasteiger partial charge in [-0.1, -0.05) is 13.0 Å². The molecule has 5 atom stereocenters. The first-order valence-corrected chi connectivity index (χ1v) is 6.37. The van der Waals surface area contributed by atoms with Crippen LogP contribution in [0, 0.1) is 34.0 Å². The predicted molar refractivity (Wildman–Crippen MR) is 62.1 cm³/mol. The maximum Gasteiger partial charge on any atom is 0.170 e. The van der Waals surface area contributed by atoms with Gasteiger partial charge in [0.1, 0.15) is 5.41 Å². The van der Waals surface area contributed by atoms with Crippen molar-refractivity contribution in [2.45, 2.75) is 32.3 Å². The molecule has 0 radical (unpaired) electrons. The van der Waals surface area contributed by atoms with Crippen LogP contribution in [0.5, 0.6) is 0 Å². The molecule has 0 aliphatic heterocycles. The van der Waals surface area contributed by atoms with E-state index in [-0.39, 0.29) is 17.5 Å². The van der Waals surface area contributed by atoms with Crippen molar-refractivity contribution < 1.29 is 14.7 Å².